The zero-order valence-electron chi connectivity index (χ0n) is 16.1. The summed E-state index contributed by atoms with van der Waals surface area (Å²) in [6, 6.07) is 14.9. The molecule has 1 aliphatic rings. The number of aryl methyl sites for hydroxylation is 2. The van der Waals surface area contributed by atoms with Crippen LogP contribution >= 0.6 is 11.6 Å². The van der Waals surface area contributed by atoms with Crippen molar-refractivity contribution in [2.24, 2.45) is 0 Å². The van der Waals surface area contributed by atoms with Gasteiger partial charge >= 0.3 is 0 Å². The standard InChI is InChI=1S/C22H19ClN6O/c23-17-8-1-2-9-20(17)29-14-19(26-27-29)22(30)24-16-7-5-6-15(12-16)18-13-28-11-4-3-10-21(28)25-18/h1-2,5-9,12-14H,3-4,10-11H2,(H,24,30). The van der Waals surface area contributed by atoms with Crippen LogP contribution in [0, 0.1) is 0 Å². The predicted octanol–water partition coefficient (Wildman–Crippen LogP) is 4.37. The lowest BCUT2D eigenvalue weighted by Gasteiger charge is -2.11. The molecular weight excluding hydrogens is 400 g/mol. The molecule has 0 atom stereocenters. The number of carbonyl (C=O) groups is 1. The minimum atomic E-state index is -0.338. The van der Waals surface area contributed by atoms with Gasteiger partial charge in [0.05, 0.1) is 22.6 Å². The second kappa shape index (κ2) is 7.76. The molecule has 30 heavy (non-hydrogen) atoms. The molecule has 1 amide bonds. The van der Waals surface area contributed by atoms with E-state index in [1.807, 2.05) is 42.5 Å². The van der Waals surface area contributed by atoms with Gasteiger partial charge in [0.1, 0.15) is 5.82 Å². The van der Waals surface area contributed by atoms with Gasteiger partial charge in [-0.3, -0.25) is 4.79 Å². The van der Waals surface area contributed by atoms with E-state index >= 15 is 0 Å². The summed E-state index contributed by atoms with van der Waals surface area (Å²) in [5.74, 6) is 0.788. The number of nitrogens with one attached hydrogen (secondary N) is 1. The van der Waals surface area contributed by atoms with E-state index in [4.69, 9.17) is 16.6 Å². The number of nitrogens with zero attached hydrogens (tertiary/aromatic N) is 5. The predicted molar refractivity (Wildman–Crippen MR) is 115 cm³/mol. The average Bonchev–Trinajstić information content (AvgIpc) is 3.42. The normalized spacial score (nSPS) is 13.1. The Labute approximate surface area is 178 Å². The topological polar surface area (TPSA) is 77.6 Å². The van der Waals surface area contributed by atoms with Crippen molar-refractivity contribution in [2.75, 3.05) is 5.32 Å². The van der Waals surface area contributed by atoms with Crippen molar-refractivity contribution < 1.29 is 4.79 Å². The second-order valence-corrected chi connectivity index (χ2v) is 7.63. The first-order chi connectivity index (χ1) is 14.7. The van der Waals surface area contributed by atoms with E-state index in [-0.39, 0.29) is 11.6 Å². The minimum Gasteiger partial charge on any atom is -0.334 e. The number of hydrogen-bond acceptors (Lipinski definition) is 4. The molecule has 1 N–H and O–H groups in total. The smallest absolute Gasteiger partial charge is 0.277 e. The molecule has 0 unspecified atom stereocenters. The van der Waals surface area contributed by atoms with Gasteiger partial charge in [-0.05, 0) is 37.1 Å². The zero-order chi connectivity index (χ0) is 20.5. The third-order valence-electron chi connectivity index (χ3n) is 5.15. The van der Waals surface area contributed by atoms with Gasteiger partial charge < -0.3 is 9.88 Å². The van der Waals surface area contributed by atoms with Crippen molar-refractivity contribution >= 4 is 23.2 Å². The maximum absolute atomic E-state index is 12.7. The molecule has 2 aromatic heterocycles. The van der Waals surface area contributed by atoms with Crippen LogP contribution in [0.3, 0.4) is 0 Å². The van der Waals surface area contributed by atoms with Gasteiger partial charge in [-0.2, -0.15) is 0 Å². The van der Waals surface area contributed by atoms with E-state index in [1.165, 1.54) is 17.5 Å². The summed E-state index contributed by atoms with van der Waals surface area (Å²) in [5.41, 5.74) is 3.44. The maximum Gasteiger partial charge on any atom is 0.277 e. The molecule has 8 heteroatoms. The number of benzene rings is 2. The highest BCUT2D eigenvalue weighted by atomic mass is 35.5. The Morgan fingerprint density at radius 2 is 1.97 bits per heavy atom. The van der Waals surface area contributed by atoms with Crippen molar-refractivity contribution in [1.29, 1.82) is 0 Å². The lowest BCUT2D eigenvalue weighted by atomic mass is 10.1. The molecular formula is C22H19ClN6O. The fourth-order valence-electron chi connectivity index (χ4n) is 3.63. The highest BCUT2D eigenvalue weighted by molar-refractivity contribution is 6.32. The third-order valence-corrected chi connectivity index (χ3v) is 5.47. The summed E-state index contributed by atoms with van der Waals surface area (Å²) in [5, 5.41) is 11.4. The molecule has 0 bridgehead atoms. The average molecular weight is 419 g/mol. The van der Waals surface area contributed by atoms with Crippen LogP contribution in [0.5, 0.6) is 0 Å². The minimum absolute atomic E-state index is 0.206. The van der Waals surface area contributed by atoms with Crippen LogP contribution in [0.4, 0.5) is 5.69 Å². The Morgan fingerprint density at radius 1 is 1.07 bits per heavy atom. The molecule has 0 aliphatic carbocycles. The van der Waals surface area contributed by atoms with E-state index in [0.29, 0.717) is 16.4 Å². The Hall–Kier alpha value is -3.45. The van der Waals surface area contributed by atoms with Gasteiger partial charge in [-0.15, -0.1) is 5.10 Å². The maximum atomic E-state index is 12.7. The Kier molecular flexibility index (Phi) is 4.80. The molecule has 5 rings (SSSR count). The number of imidazole rings is 1. The number of hydrogen-bond donors (Lipinski definition) is 1. The monoisotopic (exact) mass is 418 g/mol. The van der Waals surface area contributed by atoms with Crippen molar-refractivity contribution in [3.8, 4) is 16.9 Å². The summed E-state index contributed by atoms with van der Waals surface area (Å²) in [6.07, 6.45) is 7.03. The first-order valence-electron chi connectivity index (χ1n) is 9.82. The number of anilines is 1. The van der Waals surface area contributed by atoms with Crippen molar-refractivity contribution in [1.82, 2.24) is 24.5 Å². The molecule has 150 valence electrons. The van der Waals surface area contributed by atoms with Crippen molar-refractivity contribution in [2.45, 2.75) is 25.8 Å². The molecule has 0 spiro atoms. The summed E-state index contributed by atoms with van der Waals surface area (Å²) in [6.45, 7) is 1.01. The van der Waals surface area contributed by atoms with E-state index in [1.54, 1.807) is 12.3 Å². The molecule has 3 heterocycles. The van der Waals surface area contributed by atoms with Gasteiger partial charge in [0.15, 0.2) is 5.69 Å². The molecule has 4 aromatic rings. The fraction of sp³-hybridized carbons (Fsp3) is 0.182. The number of para-hydroxylation sites is 1. The van der Waals surface area contributed by atoms with Gasteiger partial charge in [0.25, 0.3) is 5.91 Å². The summed E-state index contributed by atoms with van der Waals surface area (Å²) >= 11 is 6.19. The molecule has 0 saturated carbocycles. The highest BCUT2D eigenvalue weighted by Gasteiger charge is 2.15. The molecule has 0 fully saturated rings. The number of halogens is 1. The molecule has 2 aromatic carbocycles. The first-order valence-corrected chi connectivity index (χ1v) is 10.2. The largest absolute Gasteiger partial charge is 0.334 e. The molecule has 1 aliphatic heterocycles. The SMILES string of the molecule is O=C(Nc1cccc(-c2cn3c(n2)CCCC3)c1)c1cn(-c2ccccc2Cl)nn1. The number of carbonyl (C=O) groups excluding carboxylic acids is 1. The van der Waals surface area contributed by atoms with Crippen molar-refractivity contribution in [3.63, 3.8) is 0 Å². The quantitative estimate of drug-likeness (QED) is 0.533. The third kappa shape index (κ3) is 3.59. The lowest BCUT2D eigenvalue weighted by Crippen LogP contribution is -2.12. The van der Waals surface area contributed by atoms with E-state index in [0.717, 1.165) is 30.0 Å². The van der Waals surface area contributed by atoms with Crippen LogP contribution < -0.4 is 5.32 Å². The van der Waals surface area contributed by atoms with Gasteiger partial charge in [-0.25, -0.2) is 9.67 Å². The number of aromatic nitrogens is 5. The summed E-state index contributed by atoms with van der Waals surface area (Å²) in [7, 11) is 0. The van der Waals surface area contributed by atoms with Gasteiger partial charge in [-0.1, -0.05) is 41.1 Å². The molecule has 7 nitrogen and oxygen atoms in total. The fourth-order valence-corrected chi connectivity index (χ4v) is 3.85. The van der Waals surface area contributed by atoms with Crippen LogP contribution in [0.1, 0.15) is 29.2 Å². The lowest BCUT2D eigenvalue weighted by molar-refractivity contribution is 0.102. The van der Waals surface area contributed by atoms with Crippen LogP contribution in [-0.4, -0.2) is 30.5 Å². The number of rotatable bonds is 4. The van der Waals surface area contributed by atoms with Gasteiger partial charge in [0, 0.05) is 30.4 Å². The second-order valence-electron chi connectivity index (χ2n) is 7.23. The summed E-state index contributed by atoms with van der Waals surface area (Å²) < 4.78 is 3.71. The van der Waals surface area contributed by atoms with Crippen LogP contribution in [0.25, 0.3) is 16.9 Å². The number of amides is 1. The Morgan fingerprint density at radius 3 is 2.83 bits per heavy atom. The van der Waals surface area contributed by atoms with E-state index in [9.17, 15) is 4.79 Å². The molecule has 0 radical (unpaired) electrons. The van der Waals surface area contributed by atoms with E-state index in [2.05, 4.69) is 26.4 Å². The van der Waals surface area contributed by atoms with Crippen LogP contribution in [-0.2, 0) is 13.0 Å². The van der Waals surface area contributed by atoms with Crippen LogP contribution in [0.15, 0.2) is 60.9 Å². The summed E-state index contributed by atoms with van der Waals surface area (Å²) in [4.78, 5) is 17.4. The first kappa shape index (κ1) is 18.6. The van der Waals surface area contributed by atoms with Crippen LogP contribution in [0.2, 0.25) is 5.02 Å². The Balaban J connectivity index is 1.35. The van der Waals surface area contributed by atoms with Crippen molar-refractivity contribution in [3.05, 3.63) is 77.5 Å². The van der Waals surface area contributed by atoms with Gasteiger partial charge in [0.2, 0.25) is 0 Å². The number of fused-ring (bicyclic) bond motifs is 1. The Bertz CT molecular complexity index is 1200. The highest BCUT2D eigenvalue weighted by Crippen LogP contribution is 2.25. The molecule has 0 saturated heterocycles. The van der Waals surface area contributed by atoms with E-state index < -0.39 is 0 Å². The zero-order valence-corrected chi connectivity index (χ0v) is 16.9.